The van der Waals surface area contributed by atoms with Crippen molar-refractivity contribution in [3.8, 4) is 0 Å². The summed E-state index contributed by atoms with van der Waals surface area (Å²) in [5.74, 6) is 0.389. The highest BCUT2D eigenvalue weighted by molar-refractivity contribution is 6.28. The third-order valence-electron chi connectivity index (χ3n) is 5.66. The van der Waals surface area contributed by atoms with Crippen molar-refractivity contribution < 1.29 is 4.79 Å². The van der Waals surface area contributed by atoms with E-state index in [1.807, 2.05) is 6.08 Å². The van der Waals surface area contributed by atoms with Gasteiger partial charge in [-0.05, 0) is 50.9 Å². The lowest BCUT2D eigenvalue weighted by molar-refractivity contribution is -0.116. The number of likely N-dealkylation sites (N-methyl/N-ethyl adjacent to an activating group) is 1. The number of hydrazone groups is 1. The van der Waals surface area contributed by atoms with Crippen molar-refractivity contribution in [3.05, 3.63) is 28.1 Å². The molecule has 2 fully saturated rings. The largest absolute Gasteiger partial charge is 0.359 e. The van der Waals surface area contributed by atoms with E-state index in [4.69, 9.17) is 0 Å². The van der Waals surface area contributed by atoms with E-state index in [-0.39, 0.29) is 5.91 Å². The van der Waals surface area contributed by atoms with Gasteiger partial charge in [0.05, 0.1) is 11.3 Å². The van der Waals surface area contributed by atoms with Gasteiger partial charge in [0, 0.05) is 50.0 Å². The first-order valence-electron chi connectivity index (χ1n) is 9.22. The Morgan fingerprint density at radius 3 is 2.60 bits per heavy atom. The Labute approximate surface area is 149 Å². The minimum atomic E-state index is -0.0748. The SMILES string of the molecule is Cc1[nH]c(C=C2C(=O)NN=C2C2CC2)c(C)c1CN1CCN(C)CC1. The molecule has 6 heteroatoms. The number of nitrogens with one attached hydrogen (secondary N) is 2. The third-order valence-corrected chi connectivity index (χ3v) is 5.66. The van der Waals surface area contributed by atoms with Crippen LogP contribution >= 0.6 is 0 Å². The number of H-pyrrole nitrogens is 1. The van der Waals surface area contributed by atoms with Crippen LogP contribution in [0.3, 0.4) is 0 Å². The predicted molar refractivity (Wildman–Crippen MR) is 99.3 cm³/mol. The number of hydrogen-bond acceptors (Lipinski definition) is 4. The summed E-state index contributed by atoms with van der Waals surface area (Å²) in [5, 5.41) is 4.24. The van der Waals surface area contributed by atoms with Crippen molar-refractivity contribution in [1.82, 2.24) is 20.2 Å². The number of aromatic nitrogens is 1. The number of aromatic amines is 1. The van der Waals surface area contributed by atoms with Crippen molar-refractivity contribution >= 4 is 17.7 Å². The van der Waals surface area contributed by atoms with E-state index >= 15 is 0 Å². The molecule has 0 unspecified atom stereocenters. The minimum Gasteiger partial charge on any atom is -0.359 e. The van der Waals surface area contributed by atoms with Gasteiger partial charge in [0.15, 0.2) is 0 Å². The number of carbonyl (C=O) groups excluding carboxylic acids is 1. The second-order valence-corrected chi connectivity index (χ2v) is 7.62. The summed E-state index contributed by atoms with van der Waals surface area (Å²) in [5.41, 5.74) is 9.16. The highest BCUT2D eigenvalue weighted by Crippen LogP contribution is 2.35. The van der Waals surface area contributed by atoms with Crippen LogP contribution in [0, 0.1) is 19.8 Å². The lowest BCUT2D eigenvalue weighted by Gasteiger charge is -2.32. The fourth-order valence-electron chi connectivity index (χ4n) is 3.73. The predicted octanol–water partition coefficient (Wildman–Crippen LogP) is 1.66. The number of carbonyl (C=O) groups is 1. The van der Waals surface area contributed by atoms with E-state index in [1.165, 1.54) is 16.8 Å². The summed E-state index contributed by atoms with van der Waals surface area (Å²) in [4.78, 5) is 20.5. The van der Waals surface area contributed by atoms with Crippen LogP contribution in [-0.2, 0) is 11.3 Å². The molecule has 6 nitrogen and oxygen atoms in total. The number of amides is 1. The Morgan fingerprint density at radius 1 is 1.20 bits per heavy atom. The zero-order chi connectivity index (χ0) is 17.6. The topological polar surface area (TPSA) is 63.7 Å². The maximum atomic E-state index is 12.2. The van der Waals surface area contributed by atoms with Crippen molar-refractivity contribution in [3.63, 3.8) is 0 Å². The number of piperazine rings is 1. The highest BCUT2D eigenvalue weighted by Gasteiger charge is 2.36. The molecule has 0 bridgehead atoms. The van der Waals surface area contributed by atoms with Gasteiger partial charge in [-0.1, -0.05) is 0 Å². The molecule has 2 N–H and O–H groups in total. The van der Waals surface area contributed by atoms with E-state index < -0.39 is 0 Å². The quantitative estimate of drug-likeness (QED) is 0.819. The Hall–Kier alpha value is -1.92. The Bertz CT molecular complexity index is 748. The van der Waals surface area contributed by atoms with Gasteiger partial charge >= 0.3 is 0 Å². The standard InChI is InChI=1S/C19H27N5O/c1-12-16(11-24-8-6-23(3)7-9-24)13(2)20-17(12)10-15-18(14-4-5-14)21-22-19(15)25/h10,14,20H,4-9,11H2,1-3H3,(H,22,25). The smallest absolute Gasteiger partial charge is 0.273 e. The molecule has 2 aliphatic heterocycles. The average molecular weight is 341 g/mol. The molecule has 4 rings (SSSR count). The first-order chi connectivity index (χ1) is 12.0. The highest BCUT2D eigenvalue weighted by atomic mass is 16.2. The molecule has 0 radical (unpaired) electrons. The van der Waals surface area contributed by atoms with Gasteiger partial charge in [0.25, 0.3) is 5.91 Å². The van der Waals surface area contributed by atoms with Crippen LogP contribution in [0.25, 0.3) is 6.08 Å². The van der Waals surface area contributed by atoms with Crippen LogP contribution in [0.4, 0.5) is 0 Å². The maximum Gasteiger partial charge on any atom is 0.273 e. The maximum absolute atomic E-state index is 12.2. The first kappa shape index (κ1) is 16.5. The fourth-order valence-corrected chi connectivity index (χ4v) is 3.73. The normalized spacial score (nSPS) is 24.0. The Kier molecular flexibility index (Phi) is 4.25. The number of rotatable bonds is 4. The molecule has 25 heavy (non-hydrogen) atoms. The van der Waals surface area contributed by atoms with Crippen LogP contribution in [0.5, 0.6) is 0 Å². The van der Waals surface area contributed by atoms with Gasteiger partial charge < -0.3 is 9.88 Å². The Balaban J connectivity index is 1.56. The summed E-state index contributed by atoms with van der Waals surface area (Å²) >= 11 is 0. The molecule has 0 aromatic carbocycles. The van der Waals surface area contributed by atoms with E-state index in [0.29, 0.717) is 5.92 Å². The van der Waals surface area contributed by atoms with Crippen LogP contribution in [0.2, 0.25) is 0 Å². The summed E-state index contributed by atoms with van der Waals surface area (Å²) in [6, 6.07) is 0. The summed E-state index contributed by atoms with van der Waals surface area (Å²) in [6.45, 7) is 9.73. The van der Waals surface area contributed by atoms with Gasteiger partial charge in [0.1, 0.15) is 0 Å². The molecule has 1 amide bonds. The molecule has 1 aliphatic carbocycles. The summed E-state index contributed by atoms with van der Waals surface area (Å²) in [6.07, 6.45) is 4.28. The molecular weight excluding hydrogens is 314 g/mol. The lowest BCUT2D eigenvalue weighted by atomic mass is 10.0. The molecule has 134 valence electrons. The second-order valence-electron chi connectivity index (χ2n) is 7.62. The number of aryl methyl sites for hydroxylation is 1. The molecule has 3 aliphatic rings. The molecule has 0 spiro atoms. The van der Waals surface area contributed by atoms with E-state index in [9.17, 15) is 4.79 Å². The number of nitrogens with zero attached hydrogens (tertiary/aromatic N) is 3. The van der Waals surface area contributed by atoms with Crippen LogP contribution in [0.1, 0.15) is 35.4 Å². The van der Waals surface area contributed by atoms with Gasteiger partial charge in [-0.3, -0.25) is 9.69 Å². The van der Waals surface area contributed by atoms with Gasteiger partial charge in [-0.2, -0.15) is 5.10 Å². The summed E-state index contributed by atoms with van der Waals surface area (Å²) in [7, 11) is 2.18. The molecule has 0 atom stereocenters. The van der Waals surface area contributed by atoms with Crippen LogP contribution < -0.4 is 5.43 Å². The molecular formula is C19H27N5O. The number of hydrogen-bond donors (Lipinski definition) is 2. The van der Waals surface area contributed by atoms with Gasteiger partial charge in [-0.25, -0.2) is 5.43 Å². The van der Waals surface area contributed by atoms with E-state index in [1.54, 1.807) is 0 Å². The zero-order valence-electron chi connectivity index (χ0n) is 15.4. The van der Waals surface area contributed by atoms with Gasteiger partial charge in [0.2, 0.25) is 0 Å². The molecule has 1 saturated heterocycles. The van der Waals surface area contributed by atoms with Gasteiger partial charge in [-0.15, -0.1) is 0 Å². The molecule has 3 heterocycles. The lowest BCUT2D eigenvalue weighted by Crippen LogP contribution is -2.44. The molecule has 1 aromatic rings. The zero-order valence-corrected chi connectivity index (χ0v) is 15.4. The monoisotopic (exact) mass is 341 g/mol. The van der Waals surface area contributed by atoms with Crippen molar-refractivity contribution in [2.24, 2.45) is 11.0 Å². The average Bonchev–Trinajstić information content (AvgIpc) is 3.32. The van der Waals surface area contributed by atoms with Crippen LogP contribution in [0.15, 0.2) is 10.7 Å². The van der Waals surface area contributed by atoms with E-state index in [0.717, 1.165) is 62.5 Å². The summed E-state index contributed by atoms with van der Waals surface area (Å²) < 4.78 is 0. The fraction of sp³-hybridized carbons (Fsp3) is 0.579. The molecule has 1 saturated carbocycles. The van der Waals surface area contributed by atoms with Crippen molar-refractivity contribution in [2.45, 2.75) is 33.2 Å². The minimum absolute atomic E-state index is 0.0748. The van der Waals surface area contributed by atoms with Crippen LogP contribution in [-0.4, -0.2) is 59.6 Å². The van der Waals surface area contributed by atoms with Crippen molar-refractivity contribution in [2.75, 3.05) is 33.2 Å². The first-order valence-corrected chi connectivity index (χ1v) is 9.22. The van der Waals surface area contributed by atoms with Crippen molar-refractivity contribution in [1.29, 1.82) is 0 Å². The second kappa shape index (κ2) is 6.42. The van der Waals surface area contributed by atoms with E-state index in [2.05, 4.69) is 46.2 Å². The third kappa shape index (κ3) is 3.28. The Morgan fingerprint density at radius 2 is 1.92 bits per heavy atom. The molecule has 1 aromatic heterocycles.